The number of pyridine rings is 1. The number of hydrogen-bond acceptors (Lipinski definition) is 4. The van der Waals surface area contributed by atoms with Gasteiger partial charge < -0.3 is 9.47 Å². The smallest absolute Gasteiger partial charge is 0.124 e. The van der Waals surface area contributed by atoms with Gasteiger partial charge in [-0.15, -0.1) is 0 Å². The Hall–Kier alpha value is -2.07. The summed E-state index contributed by atoms with van der Waals surface area (Å²) in [5.74, 6) is 2.07. The van der Waals surface area contributed by atoms with Crippen molar-refractivity contribution in [2.75, 3.05) is 6.61 Å². The van der Waals surface area contributed by atoms with Crippen molar-refractivity contribution in [3.63, 3.8) is 0 Å². The summed E-state index contributed by atoms with van der Waals surface area (Å²) in [6, 6.07) is 9.84. The molecule has 0 saturated carbocycles. The van der Waals surface area contributed by atoms with Gasteiger partial charge in [0.1, 0.15) is 17.6 Å². The third kappa shape index (κ3) is 2.59. The minimum Gasteiger partial charge on any atom is -0.494 e. The van der Waals surface area contributed by atoms with Crippen LogP contribution in [0.5, 0.6) is 11.5 Å². The van der Waals surface area contributed by atoms with Crippen molar-refractivity contribution in [3.05, 3.63) is 52.8 Å². The highest BCUT2D eigenvalue weighted by atomic mass is 16.5. The molecular weight excluding hydrogens is 324 g/mol. The Labute approximate surface area is 155 Å². The van der Waals surface area contributed by atoms with Gasteiger partial charge in [0.2, 0.25) is 0 Å². The van der Waals surface area contributed by atoms with E-state index in [0.29, 0.717) is 18.7 Å². The van der Waals surface area contributed by atoms with E-state index in [0.717, 1.165) is 30.9 Å². The van der Waals surface area contributed by atoms with Crippen molar-refractivity contribution in [2.24, 2.45) is 0 Å². The molecule has 3 unspecified atom stereocenters. The van der Waals surface area contributed by atoms with Gasteiger partial charge in [0.15, 0.2) is 0 Å². The van der Waals surface area contributed by atoms with Crippen molar-refractivity contribution in [1.82, 2.24) is 9.88 Å². The minimum atomic E-state index is 0.263. The Morgan fingerprint density at radius 2 is 2.19 bits per heavy atom. The van der Waals surface area contributed by atoms with E-state index >= 15 is 0 Å². The van der Waals surface area contributed by atoms with Gasteiger partial charge in [-0.05, 0) is 50.5 Å². The molecule has 2 aromatic rings. The van der Waals surface area contributed by atoms with E-state index in [1.54, 1.807) is 0 Å². The molecule has 0 aliphatic carbocycles. The van der Waals surface area contributed by atoms with Crippen LogP contribution in [-0.4, -0.2) is 28.6 Å². The molecule has 3 atom stereocenters. The monoisotopic (exact) mass is 350 g/mol. The number of ether oxygens (including phenoxy) is 2. The standard InChI is InChI=1S/C22H26N2O2/c1-3-25-21-10-15-9-14(2)26-22(15)11-16(21)13-24-17-6-7-20(24)18-5-4-8-23-19(18)12-17/h4-5,8,10-11,14,17,20H,3,6-7,9,12-13H2,1-2H3. The second kappa shape index (κ2) is 6.27. The summed E-state index contributed by atoms with van der Waals surface area (Å²) >= 11 is 0. The molecule has 0 amide bonds. The summed E-state index contributed by atoms with van der Waals surface area (Å²) in [5.41, 5.74) is 5.25. The largest absolute Gasteiger partial charge is 0.494 e. The fourth-order valence-electron chi connectivity index (χ4n) is 4.97. The highest BCUT2D eigenvalue weighted by Gasteiger charge is 2.40. The van der Waals surface area contributed by atoms with Crippen molar-refractivity contribution >= 4 is 0 Å². The van der Waals surface area contributed by atoms with Crippen LogP contribution in [0.15, 0.2) is 30.5 Å². The van der Waals surface area contributed by atoms with E-state index in [9.17, 15) is 0 Å². The molecule has 0 radical (unpaired) electrons. The van der Waals surface area contributed by atoms with Crippen LogP contribution in [-0.2, 0) is 19.4 Å². The second-order valence-electron chi connectivity index (χ2n) is 7.80. The van der Waals surface area contributed by atoms with E-state index in [1.165, 1.54) is 35.2 Å². The number of aromatic nitrogens is 1. The lowest BCUT2D eigenvalue weighted by Crippen LogP contribution is -2.37. The van der Waals surface area contributed by atoms with Crippen LogP contribution in [0, 0.1) is 0 Å². The molecule has 3 aliphatic heterocycles. The molecule has 136 valence electrons. The Bertz CT molecular complexity index is 835. The Balaban J connectivity index is 1.48. The van der Waals surface area contributed by atoms with Crippen LogP contribution in [0.4, 0.5) is 0 Å². The molecule has 26 heavy (non-hydrogen) atoms. The Morgan fingerprint density at radius 3 is 3.08 bits per heavy atom. The topological polar surface area (TPSA) is 34.6 Å². The average Bonchev–Trinajstić information content (AvgIpc) is 3.12. The molecule has 0 N–H and O–H groups in total. The maximum atomic E-state index is 6.01. The molecule has 3 aliphatic rings. The maximum Gasteiger partial charge on any atom is 0.124 e. The highest BCUT2D eigenvalue weighted by Crippen LogP contribution is 2.45. The molecule has 1 aromatic heterocycles. The van der Waals surface area contributed by atoms with Crippen LogP contribution in [0.3, 0.4) is 0 Å². The molecule has 1 aromatic carbocycles. The lowest BCUT2D eigenvalue weighted by Gasteiger charge is -2.36. The second-order valence-corrected chi connectivity index (χ2v) is 7.80. The van der Waals surface area contributed by atoms with Crippen LogP contribution in [0.1, 0.15) is 55.1 Å². The third-order valence-electron chi connectivity index (χ3n) is 6.09. The molecule has 5 rings (SSSR count). The normalized spacial score (nSPS) is 26.3. The van der Waals surface area contributed by atoms with Gasteiger partial charge in [-0.3, -0.25) is 9.88 Å². The number of hydrogen-bond donors (Lipinski definition) is 0. The fourth-order valence-corrected chi connectivity index (χ4v) is 4.97. The van der Waals surface area contributed by atoms with E-state index in [4.69, 9.17) is 9.47 Å². The highest BCUT2D eigenvalue weighted by molar-refractivity contribution is 5.49. The average molecular weight is 350 g/mol. The molecule has 4 nitrogen and oxygen atoms in total. The van der Waals surface area contributed by atoms with Crippen molar-refractivity contribution < 1.29 is 9.47 Å². The van der Waals surface area contributed by atoms with E-state index in [1.807, 2.05) is 6.20 Å². The number of rotatable bonds is 4. The van der Waals surface area contributed by atoms with Crippen molar-refractivity contribution in [2.45, 2.75) is 64.3 Å². The fraction of sp³-hybridized carbons (Fsp3) is 0.500. The zero-order valence-electron chi connectivity index (χ0n) is 15.6. The first kappa shape index (κ1) is 16.1. The maximum absolute atomic E-state index is 6.01. The quantitative estimate of drug-likeness (QED) is 0.833. The van der Waals surface area contributed by atoms with Crippen LogP contribution in [0.2, 0.25) is 0 Å². The lowest BCUT2D eigenvalue weighted by molar-refractivity contribution is 0.163. The van der Waals surface area contributed by atoms with Crippen LogP contribution in [0.25, 0.3) is 0 Å². The molecule has 0 spiro atoms. The SMILES string of the molecule is CCOc1cc2c(cc1CN1C3CCC1c1cccnc1C3)OC(C)C2. The predicted molar refractivity (Wildman–Crippen MR) is 101 cm³/mol. The van der Waals surface area contributed by atoms with Crippen LogP contribution < -0.4 is 9.47 Å². The lowest BCUT2D eigenvalue weighted by atomic mass is 9.96. The van der Waals surface area contributed by atoms with Crippen molar-refractivity contribution in [3.8, 4) is 11.5 Å². The van der Waals surface area contributed by atoms with Gasteiger partial charge in [-0.2, -0.15) is 0 Å². The number of fused-ring (bicyclic) bond motifs is 5. The molecule has 4 heterocycles. The van der Waals surface area contributed by atoms with E-state index < -0.39 is 0 Å². The molecular formula is C22H26N2O2. The Kier molecular flexibility index (Phi) is 3.89. The zero-order chi connectivity index (χ0) is 17.7. The van der Waals surface area contributed by atoms with Crippen molar-refractivity contribution in [1.29, 1.82) is 0 Å². The third-order valence-corrected chi connectivity index (χ3v) is 6.09. The summed E-state index contributed by atoms with van der Waals surface area (Å²) in [4.78, 5) is 7.29. The number of benzene rings is 1. The molecule has 2 bridgehead atoms. The first-order valence-electron chi connectivity index (χ1n) is 9.87. The van der Waals surface area contributed by atoms with E-state index in [-0.39, 0.29) is 6.10 Å². The summed E-state index contributed by atoms with van der Waals surface area (Å²) in [7, 11) is 0. The number of nitrogens with zero attached hydrogens (tertiary/aromatic N) is 2. The van der Waals surface area contributed by atoms with Gasteiger partial charge >= 0.3 is 0 Å². The summed E-state index contributed by atoms with van der Waals surface area (Å²) < 4.78 is 12.0. The first-order chi connectivity index (χ1) is 12.7. The van der Waals surface area contributed by atoms with Gasteiger partial charge in [-0.1, -0.05) is 6.07 Å². The summed E-state index contributed by atoms with van der Waals surface area (Å²) in [5, 5.41) is 0. The first-order valence-corrected chi connectivity index (χ1v) is 9.87. The summed E-state index contributed by atoms with van der Waals surface area (Å²) in [6.45, 7) is 5.81. The Morgan fingerprint density at radius 1 is 1.27 bits per heavy atom. The van der Waals surface area contributed by atoms with Gasteiger partial charge in [0.05, 0.1) is 6.61 Å². The molecule has 1 saturated heterocycles. The van der Waals surface area contributed by atoms with Gasteiger partial charge in [0, 0.05) is 54.5 Å². The molecule has 4 heteroatoms. The molecule has 1 fully saturated rings. The summed E-state index contributed by atoms with van der Waals surface area (Å²) in [6.07, 6.45) is 6.72. The van der Waals surface area contributed by atoms with Gasteiger partial charge in [0.25, 0.3) is 0 Å². The van der Waals surface area contributed by atoms with E-state index in [2.05, 4.69) is 48.0 Å². The zero-order valence-corrected chi connectivity index (χ0v) is 15.6. The predicted octanol–water partition coefficient (Wildman–Crippen LogP) is 4.07. The van der Waals surface area contributed by atoms with Gasteiger partial charge in [-0.25, -0.2) is 0 Å². The van der Waals surface area contributed by atoms with Crippen LogP contribution >= 0.6 is 0 Å². The minimum absolute atomic E-state index is 0.263.